The van der Waals surface area contributed by atoms with Gasteiger partial charge in [-0.1, -0.05) is 6.92 Å². The molecule has 0 aliphatic rings. The van der Waals surface area contributed by atoms with E-state index in [0.717, 1.165) is 22.7 Å². The molecule has 2 aromatic carbocycles. The van der Waals surface area contributed by atoms with Crippen molar-refractivity contribution in [2.24, 2.45) is 0 Å². The van der Waals surface area contributed by atoms with Crippen LogP contribution in [0.25, 0.3) is 5.69 Å². The molecule has 164 valence electrons. The number of halogens is 1. The van der Waals surface area contributed by atoms with Crippen LogP contribution in [0.1, 0.15) is 38.4 Å². The molecule has 0 aliphatic carbocycles. The summed E-state index contributed by atoms with van der Waals surface area (Å²) >= 11 is 0. The Kier molecular flexibility index (Phi) is 7.28. The summed E-state index contributed by atoms with van der Waals surface area (Å²) in [5, 5.41) is 7.67. The maximum Gasteiger partial charge on any atom is 0.226 e. The Morgan fingerprint density at radius 2 is 1.74 bits per heavy atom. The molecule has 31 heavy (non-hydrogen) atoms. The van der Waals surface area contributed by atoms with E-state index >= 15 is 0 Å². The molecule has 0 radical (unpaired) electrons. The number of hydrogen-bond donors (Lipinski definition) is 1. The lowest BCUT2D eigenvalue weighted by Gasteiger charge is -2.12. The number of nitrogens with zero attached hydrogens (tertiary/aromatic N) is 2. The average Bonchev–Trinajstić information content (AvgIpc) is 3.10. The maximum atomic E-state index is 13.4. The normalized spacial score (nSPS) is 10.9. The smallest absolute Gasteiger partial charge is 0.226 e. The lowest BCUT2D eigenvalue weighted by atomic mass is 10.1. The van der Waals surface area contributed by atoms with Gasteiger partial charge >= 0.3 is 0 Å². The first-order chi connectivity index (χ1) is 14.9. The summed E-state index contributed by atoms with van der Waals surface area (Å²) in [5.41, 5.74) is 2.51. The van der Waals surface area contributed by atoms with Gasteiger partial charge in [0.2, 0.25) is 11.8 Å². The minimum absolute atomic E-state index is 0.0259. The fourth-order valence-corrected chi connectivity index (χ4v) is 3.26. The van der Waals surface area contributed by atoms with Gasteiger partial charge in [0.15, 0.2) is 0 Å². The van der Waals surface area contributed by atoms with Crippen molar-refractivity contribution in [2.75, 3.05) is 7.11 Å². The van der Waals surface area contributed by atoms with Crippen LogP contribution in [0.4, 0.5) is 4.39 Å². The molecule has 0 spiro atoms. The molecule has 0 atom stereocenters. The van der Waals surface area contributed by atoms with Crippen molar-refractivity contribution in [3.8, 4) is 23.1 Å². The fourth-order valence-electron chi connectivity index (χ4n) is 3.26. The lowest BCUT2D eigenvalue weighted by molar-refractivity contribution is -0.121. The van der Waals surface area contributed by atoms with Gasteiger partial charge in [0.1, 0.15) is 17.3 Å². The van der Waals surface area contributed by atoms with Crippen molar-refractivity contribution in [3.05, 3.63) is 65.6 Å². The van der Waals surface area contributed by atoms with E-state index in [1.807, 2.05) is 45.0 Å². The molecule has 0 bridgehead atoms. The lowest BCUT2D eigenvalue weighted by Crippen LogP contribution is -2.30. The highest BCUT2D eigenvalue weighted by molar-refractivity contribution is 5.76. The minimum atomic E-state index is -0.337. The van der Waals surface area contributed by atoms with Gasteiger partial charge in [-0.15, -0.1) is 0 Å². The molecule has 3 aromatic rings. The standard InChI is InChI=1S/C24H28FN3O3/c1-5-22-21(14-15-23(29)26-16(2)3)24(31-20-10-6-17(25)7-11-20)28(27-22)18-8-12-19(30-4)13-9-18/h6-13,16H,5,14-15H2,1-4H3,(H,26,29). The molecule has 0 saturated carbocycles. The van der Waals surface area contributed by atoms with Crippen LogP contribution in [-0.4, -0.2) is 28.8 Å². The first kappa shape index (κ1) is 22.3. The van der Waals surface area contributed by atoms with Crippen LogP contribution in [-0.2, 0) is 17.6 Å². The second-order valence-electron chi connectivity index (χ2n) is 7.47. The number of benzene rings is 2. The Bertz CT molecular complexity index is 1010. The van der Waals surface area contributed by atoms with E-state index in [-0.39, 0.29) is 17.8 Å². The zero-order chi connectivity index (χ0) is 22.4. The van der Waals surface area contributed by atoms with Crippen molar-refractivity contribution in [2.45, 2.75) is 46.1 Å². The number of hydrogen-bond acceptors (Lipinski definition) is 4. The van der Waals surface area contributed by atoms with Crippen molar-refractivity contribution in [1.29, 1.82) is 0 Å². The maximum absolute atomic E-state index is 13.4. The third kappa shape index (κ3) is 5.63. The Morgan fingerprint density at radius 1 is 1.10 bits per heavy atom. The summed E-state index contributed by atoms with van der Waals surface area (Å²) in [6.45, 7) is 5.88. The molecule has 1 amide bonds. The van der Waals surface area contributed by atoms with E-state index in [1.54, 1.807) is 23.9 Å². The molecule has 7 heteroatoms. The Labute approximate surface area is 182 Å². The first-order valence-electron chi connectivity index (χ1n) is 10.4. The van der Waals surface area contributed by atoms with Gasteiger partial charge in [0, 0.05) is 18.0 Å². The molecule has 1 N–H and O–H groups in total. The highest BCUT2D eigenvalue weighted by Gasteiger charge is 2.21. The summed E-state index contributed by atoms with van der Waals surface area (Å²) in [7, 11) is 1.61. The van der Waals surface area contributed by atoms with Crippen LogP contribution in [0.15, 0.2) is 48.5 Å². The molecule has 0 fully saturated rings. The molecule has 0 aliphatic heterocycles. The second-order valence-corrected chi connectivity index (χ2v) is 7.47. The zero-order valence-corrected chi connectivity index (χ0v) is 18.3. The Morgan fingerprint density at radius 3 is 2.32 bits per heavy atom. The summed E-state index contributed by atoms with van der Waals surface area (Å²) in [6, 6.07) is 13.4. The quantitative estimate of drug-likeness (QED) is 0.533. The summed E-state index contributed by atoms with van der Waals surface area (Å²) in [6.07, 6.45) is 1.48. The SMILES string of the molecule is CCc1nn(-c2ccc(OC)cc2)c(Oc2ccc(F)cc2)c1CCC(=O)NC(C)C. The van der Waals surface area contributed by atoms with Crippen molar-refractivity contribution in [3.63, 3.8) is 0 Å². The van der Waals surface area contributed by atoms with E-state index < -0.39 is 0 Å². The number of nitrogens with one attached hydrogen (secondary N) is 1. The van der Waals surface area contributed by atoms with Crippen LogP contribution >= 0.6 is 0 Å². The van der Waals surface area contributed by atoms with Gasteiger partial charge in [-0.3, -0.25) is 4.79 Å². The highest BCUT2D eigenvalue weighted by Crippen LogP contribution is 2.32. The van der Waals surface area contributed by atoms with Crippen molar-refractivity contribution < 1.29 is 18.7 Å². The summed E-state index contributed by atoms with van der Waals surface area (Å²) in [4.78, 5) is 12.2. The summed E-state index contributed by atoms with van der Waals surface area (Å²) in [5.74, 6) is 1.38. The van der Waals surface area contributed by atoms with Gasteiger partial charge < -0.3 is 14.8 Å². The Hall–Kier alpha value is -3.35. The number of carbonyl (C=O) groups excluding carboxylic acids is 1. The van der Waals surface area contributed by atoms with Gasteiger partial charge in [-0.05, 0) is 75.2 Å². The number of aryl methyl sites for hydroxylation is 1. The monoisotopic (exact) mass is 425 g/mol. The Balaban J connectivity index is 2.00. The predicted molar refractivity (Wildman–Crippen MR) is 118 cm³/mol. The molecule has 6 nitrogen and oxygen atoms in total. The third-order valence-electron chi connectivity index (χ3n) is 4.75. The number of methoxy groups -OCH3 is 1. The second kappa shape index (κ2) is 10.1. The van der Waals surface area contributed by atoms with Gasteiger partial charge in [-0.2, -0.15) is 5.10 Å². The first-order valence-corrected chi connectivity index (χ1v) is 10.4. The molecular weight excluding hydrogens is 397 g/mol. The molecular formula is C24H28FN3O3. The van der Waals surface area contributed by atoms with Gasteiger partial charge in [-0.25, -0.2) is 9.07 Å². The number of rotatable bonds is 9. The van der Waals surface area contributed by atoms with Gasteiger partial charge in [0.05, 0.1) is 18.5 Å². The van der Waals surface area contributed by atoms with Crippen LogP contribution in [0.3, 0.4) is 0 Å². The zero-order valence-electron chi connectivity index (χ0n) is 18.3. The summed E-state index contributed by atoms with van der Waals surface area (Å²) < 4.78 is 26.5. The number of carbonyl (C=O) groups is 1. The largest absolute Gasteiger partial charge is 0.497 e. The van der Waals surface area contributed by atoms with Crippen LogP contribution in [0.5, 0.6) is 17.4 Å². The topological polar surface area (TPSA) is 65.4 Å². The molecule has 3 rings (SSSR count). The van der Waals surface area contributed by atoms with Crippen molar-refractivity contribution >= 4 is 5.91 Å². The van der Waals surface area contributed by atoms with Crippen LogP contribution in [0, 0.1) is 5.82 Å². The number of ether oxygens (including phenoxy) is 2. The molecule has 1 aromatic heterocycles. The van der Waals surface area contributed by atoms with E-state index in [2.05, 4.69) is 5.32 Å². The van der Waals surface area contributed by atoms with Crippen LogP contribution in [0.2, 0.25) is 0 Å². The van der Waals surface area contributed by atoms with Crippen molar-refractivity contribution in [1.82, 2.24) is 15.1 Å². The fraction of sp³-hybridized carbons (Fsp3) is 0.333. The predicted octanol–water partition coefficient (Wildman–Crippen LogP) is 4.83. The van der Waals surface area contributed by atoms with E-state index in [0.29, 0.717) is 30.9 Å². The molecule has 0 saturated heterocycles. The number of amides is 1. The average molecular weight is 426 g/mol. The molecule has 0 unspecified atom stereocenters. The van der Waals surface area contributed by atoms with E-state index in [1.165, 1.54) is 12.1 Å². The van der Waals surface area contributed by atoms with Gasteiger partial charge in [0.25, 0.3) is 0 Å². The molecule has 1 heterocycles. The van der Waals surface area contributed by atoms with Crippen LogP contribution < -0.4 is 14.8 Å². The minimum Gasteiger partial charge on any atom is -0.497 e. The third-order valence-corrected chi connectivity index (χ3v) is 4.75. The number of aromatic nitrogens is 2. The van der Waals surface area contributed by atoms with E-state index in [4.69, 9.17) is 14.6 Å². The van der Waals surface area contributed by atoms with E-state index in [9.17, 15) is 9.18 Å². The highest BCUT2D eigenvalue weighted by atomic mass is 19.1.